The predicted octanol–water partition coefficient (Wildman–Crippen LogP) is 1.34. The molecule has 0 aliphatic heterocycles. The first-order valence-corrected chi connectivity index (χ1v) is 5.95. The molecule has 4 nitrogen and oxygen atoms in total. The smallest absolute Gasteiger partial charge is 0.123 e. The molecule has 0 atom stereocenters. The minimum atomic E-state index is 0.0230. The number of aliphatic hydroxyl groups is 2. The highest BCUT2D eigenvalue weighted by Crippen LogP contribution is 2.32. The van der Waals surface area contributed by atoms with Crippen LogP contribution in [-0.2, 0) is 0 Å². The van der Waals surface area contributed by atoms with Crippen molar-refractivity contribution in [1.82, 2.24) is 0 Å². The van der Waals surface area contributed by atoms with Crippen molar-refractivity contribution < 1.29 is 15.3 Å². The second kappa shape index (κ2) is 5.71. The Kier molecular flexibility index (Phi) is 4.02. The fraction of sp³-hybridized carbons (Fsp3) is 0.286. The highest BCUT2D eigenvalue weighted by atomic mass is 16.3. The number of rotatable bonds is 5. The predicted molar refractivity (Wildman–Crippen MR) is 72.0 cm³/mol. The van der Waals surface area contributed by atoms with Crippen molar-refractivity contribution in [2.75, 3.05) is 31.2 Å². The van der Waals surface area contributed by atoms with Crippen LogP contribution >= 0.6 is 0 Å². The van der Waals surface area contributed by atoms with Crippen LogP contribution in [0.2, 0.25) is 0 Å². The first-order chi connectivity index (χ1) is 8.77. The Labute approximate surface area is 106 Å². The molecule has 0 bridgehead atoms. The molecule has 18 heavy (non-hydrogen) atoms. The number of phenolic OH excluding ortho intramolecular Hbond substituents is 1. The van der Waals surface area contributed by atoms with E-state index in [1.807, 2.05) is 35.2 Å². The van der Waals surface area contributed by atoms with E-state index in [0.717, 1.165) is 16.5 Å². The van der Waals surface area contributed by atoms with Crippen molar-refractivity contribution in [2.45, 2.75) is 0 Å². The van der Waals surface area contributed by atoms with Crippen molar-refractivity contribution in [2.24, 2.45) is 0 Å². The summed E-state index contributed by atoms with van der Waals surface area (Å²) in [4.78, 5) is 1.90. The number of aromatic hydroxyl groups is 1. The molecule has 3 N–H and O–H groups in total. The molecule has 2 aromatic carbocycles. The summed E-state index contributed by atoms with van der Waals surface area (Å²) in [5.41, 5.74) is 0.909. The molecule has 0 amide bonds. The molecule has 0 spiro atoms. The van der Waals surface area contributed by atoms with Gasteiger partial charge < -0.3 is 20.2 Å². The highest BCUT2D eigenvalue weighted by Gasteiger charge is 2.11. The number of aliphatic hydroxyl groups excluding tert-OH is 2. The summed E-state index contributed by atoms with van der Waals surface area (Å²) in [6.07, 6.45) is 0. The lowest BCUT2D eigenvalue weighted by Gasteiger charge is -2.24. The standard InChI is InChI=1S/C14H17NO3/c16-9-7-15(8-10-17)13-5-6-14(18)12-4-2-1-3-11(12)13/h1-6,16-18H,7-10H2. The molecule has 0 aliphatic carbocycles. The summed E-state index contributed by atoms with van der Waals surface area (Å²) >= 11 is 0. The fourth-order valence-electron chi connectivity index (χ4n) is 2.14. The van der Waals surface area contributed by atoms with Crippen molar-refractivity contribution >= 4 is 16.5 Å². The summed E-state index contributed by atoms with van der Waals surface area (Å²) in [6, 6.07) is 11.0. The molecule has 0 aromatic heterocycles. The van der Waals surface area contributed by atoms with Crippen LogP contribution in [0.3, 0.4) is 0 Å². The van der Waals surface area contributed by atoms with Crippen LogP contribution in [0.5, 0.6) is 5.75 Å². The van der Waals surface area contributed by atoms with Crippen LogP contribution in [0.25, 0.3) is 10.8 Å². The van der Waals surface area contributed by atoms with Gasteiger partial charge in [-0.05, 0) is 12.1 Å². The van der Waals surface area contributed by atoms with E-state index in [1.54, 1.807) is 6.07 Å². The number of benzene rings is 2. The Hall–Kier alpha value is -1.78. The number of hydrogen-bond donors (Lipinski definition) is 3. The maximum atomic E-state index is 9.82. The van der Waals surface area contributed by atoms with Gasteiger partial charge in [-0.15, -0.1) is 0 Å². The maximum absolute atomic E-state index is 9.82. The van der Waals surface area contributed by atoms with E-state index in [1.165, 1.54) is 0 Å². The van der Waals surface area contributed by atoms with E-state index in [4.69, 9.17) is 10.2 Å². The first-order valence-electron chi connectivity index (χ1n) is 5.95. The van der Waals surface area contributed by atoms with Gasteiger partial charge in [0.25, 0.3) is 0 Å². The summed E-state index contributed by atoms with van der Waals surface area (Å²) < 4.78 is 0. The molecule has 0 saturated carbocycles. The van der Waals surface area contributed by atoms with E-state index >= 15 is 0 Å². The second-order valence-electron chi connectivity index (χ2n) is 4.08. The molecular weight excluding hydrogens is 230 g/mol. The van der Waals surface area contributed by atoms with Gasteiger partial charge in [0.15, 0.2) is 0 Å². The third-order valence-electron chi connectivity index (χ3n) is 2.96. The van der Waals surface area contributed by atoms with Gasteiger partial charge in [0.1, 0.15) is 5.75 Å². The van der Waals surface area contributed by atoms with Crippen LogP contribution in [0, 0.1) is 0 Å². The molecule has 0 aliphatic rings. The van der Waals surface area contributed by atoms with E-state index < -0.39 is 0 Å². The van der Waals surface area contributed by atoms with Gasteiger partial charge in [0, 0.05) is 29.5 Å². The molecule has 96 valence electrons. The van der Waals surface area contributed by atoms with E-state index in [-0.39, 0.29) is 19.0 Å². The number of nitrogens with zero attached hydrogens (tertiary/aromatic N) is 1. The third kappa shape index (κ3) is 2.39. The van der Waals surface area contributed by atoms with Crippen molar-refractivity contribution in [3.8, 4) is 5.75 Å². The van der Waals surface area contributed by atoms with Gasteiger partial charge in [0.05, 0.1) is 13.2 Å². The van der Waals surface area contributed by atoms with Crippen LogP contribution in [0.4, 0.5) is 5.69 Å². The van der Waals surface area contributed by atoms with Crippen molar-refractivity contribution in [1.29, 1.82) is 0 Å². The zero-order chi connectivity index (χ0) is 13.0. The van der Waals surface area contributed by atoms with Gasteiger partial charge in [0.2, 0.25) is 0 Å². The number of anilines is 1. The van der Waals surface area contributed by atoms with Gasteiger partial charge in [-0.1, -0.05) is 24.3 Å². The van der Waals surface area contributed by atoms with Gasteiger partial charge in [-0.25, -0.2) is 0 Å². The largest absolute Gasteiger partial charge is 0.507 e. The van der Waals surface area contributed by atoms with Crippen LogP contribution in [-0.4, -0.2) is 41.6 Å². The molecule has 0 fully saturated rings. The first kappa shape index (κ1) is 12.7. The molecule has 0 radical (unpaired) electrons. The third-order valence-corrected chi connectivity index (χ3v) is 2.96. The topological polar surface area (TPSA) is 63.9 Å². The Morgan fingerprint density at radius 3 is 2.06 bits per heavy atom. The Balaban J connectivity index is 2.52. The lowest BCUT2D eigenvalue weighted by Crippen LogP contribution is -2.29. The Morgan fingerprint density at radius 2 is 1.44 bits per heavy atom. The monoisotopic (exact) mass is 247 g/mol. The molecule has 2 aromatic rings. The van der Waals surface area contributed by atoms with E-state index in [2.05, 4.69) is 0 Å². The number of hydrogen-bond acceptors (Lipinski definition) is 4. The zero-order valence-electron chi connectivity index (χ0n) is 10.1. The van der Waals surface area contributed by atoms with Gasteiger partial charge in [-0.2, -0.15) is 0 Å². The molecule has 0 unspecified atom stereocenters. The lowest BCUT2D eigenvalue weighted by molar-refractivity contribution is 0.281. The molecule has 4 heteroatoms. The molecule has 0 saturated heterocycles. The van der Waals surface area contributed by atoms with Crippen LogP contribution in [0.15, 0.2) is 36.4 Å². The minimum Gasteiger partial charge on any atom is -0.507 e. The minimum absolute atomic E-state index is 0.0230. The molecule has 0 heterocycles. The number of fused-ring (bicyclic) bond motifs is 1. The fourth-order valence-corrected chi connectivity index (χ4v) is 2.14. The van der Waals surface area contributed by atoms with Crippen LogP contribution in [0.1, 0.15) is 0 Å². The SMILES string of the molecule is OCCN(CCO)c1ccc(O)c2ccccc12. The Morgan fingerprint density at radius 1 is 0.833 bits per heavy atom. The van der Waals surface area contributed by atoms with Crippen molar-refractivity contribution in [3.63, 3.8) is 0 Å². The second-order valence-corrected chi connectivity index (χ2v) is 4.08. The molecule has 2 rings (SSSR count). The van der Waals surface area contributed by atoms with E-state index in [0.29, 0.717) is 13.1 Å². The molecular formula is C14H17NO3. The lowest BCUT2D eigenvalue weighted by atomic mass is 10.1. The number of phenols is 1. The average molecular weight is 247 g/mol. The van der Waals surface area contributed by atoms with Gasteiger partial charge in [-0.3, -0.25) is 0 Å². The maximum Gasteiger partial charge on any atom is 0.123 e. The highest BCUT2D eigenvalue weighted by molar-refractivity contribution is 5.98. The van der Waals surface area contributed by atoms with Crippen molar-refractivity contribution in [3.05, 3.63) is 36.4 Å². The summed E-state index contributed by atoms with van der Waals surface area (Å²) in [7, 11) is 0. The summed E-state index contributed by atoms with van der Waals surface area (Å²) in [5.74, 6) is 0.238. The average Bonchev–Trinajstić information content (AvgIpc) is 2.39. The Bertz CT molecular complexity index is 521. The summed E-state index contributed by atoms with van der Waals surface area (Å²) in [6.45, 7) is 0.953. The quantitative estimate of drug-likeness (QED) is 0.746. The normalized spacial score (nSPS) is 10.8. The van der Waals surface area contributed by atoms with Gasteiger partial charge >= 0.3 is 0 Å². The summed E-state index contributed by atoms with van der Waals surface area (Å²) in [5, 5.41) is 29.7. The van der Waals surface area contributed by atoms with Crippen LogP contribution < -0.4 is 4.90 Å². The zero-order valence-corrected chi connectivity index (χ0v) is 10.1. The van der Waals surface area contributed by atoms with E-state index in [9.17, 15) is 5.11 Å².